The van der Waals surface area contributed by atoms with Crippen LogP contribution in [0, 0.1) is 0 Å². The van der Waals surface area contributed by atoms with Crippen molar-refractivity contribution in [1.29, 1.82) is 0 Å². The summed E-state index contributed by atoms with van der Waals surface area (Å²) < 4.78 is 4.72. The van der Waals surface area contributed by atoms with Gasteiger partial charge in [-0.2, -0.15) is 0 Å². The molecule has 0 radical (unpaired) electrons. The molecule has 0 saturated carbocycles. The van der Waals surface area contributed by atoms with Gasteiger partial charge in [0.05, 0.1) is 6.20 Å². The third-order valence-corrected chi connectivity index (χ3v) is 2.79. The van der Waals surface area contributed by atoms with Crippen molar-refractivity contribution in [2.75, 3.05) is 11.4 Å². The highest BCUT2D eigenvalue weighted by molar-refractivity contribution is 5.68. The van der Waals surface area contributed by atoms with Crippen molar-refractivity contribution in [1.82, 2.24) is 4.98 Å². The molecule has 0 unspecified atom stereocenters. The molecule has 0 bridgehead atoms. The van der Waals surface area contributed by atoms with E-state index in [4.69, 9.17) is 10.5 Å². The van der Waals surface area contributed by atoms with Gasteiger partial charge in [0.25, 0.3) is 0 Å². The average Bonchev–Trinajstić information content (AvgIpc) is 2.65. The van der Waals surface area contributed by atoms with Crippen LogP contribution in [0.4, 0.5) is 10.6 Å². The quantitative estimate of drug-likeness (QED) is 0.822. The zero-order valence-corrected chi connectivity index (χ0v) is 9.22. The van der Waals surface area contributed by atoms with Gasteiger partial charge in [0.1, 0.15) is 5.82 Å². The molecule has 1 saturated heterocycles. The van der Waals surface area contributed by atoms with E-state index in [2.05, 4.69) is 16.8 Å². The number of aromatic nitrogens is 1. The van der Waals surface area contributed by atoms with Crippen molar-refractivity contribution in [2.24, 2.45) is 5.73 Å². The highest BCUT2D eigenvalue weighted by atomic mass is 16.5. The fraction of sp³-hybridized carbons (Fsp3) is 0.455. The summed E-state index contributed by atoms with van der Waals surface area (Å²) in [6, 6.07) is 4.08. The lowest BCUT2D eigenvalue weighted by atomic mass is 10.2. The number of carbonyl (C=O) groups is 1. The molecule has 1 aliphatic rings. The van der Waals surface area contributed by atoms with E-state index >= 15 is 0 Å². The first kappa shape index (κ1) is 10.7. The van der Waals surface area contributed by atoms with E-state index in [9.17, 15) is 4.79 Å². The predicted octanol–water partition coefficient (Wildman–Crippen LogP) is 1.53. The summed E-state index contributed by atoms with van der Waals surface area (Å²) in [5, 5.41) is 0. The number of carbonyl (C=O) groups excluding carboxylic acids is 1. The molecule has 1 fully saturated rings. The Bertz CT molecular complexity index is 377. The Hall–Kier alpha value is -1.78. The number of anilines is 1. The van der Waals surface area contributed by atoms with Gasteiger partial charge in [-0.1, -0.05) is 0 Å². The first-order valence-corrected chi connectivity index (χ1v) is 5.37. The number of primary amides is 1. The van der Waals surface area contributed by atoms with Crippen LogP contribution in [0.1, 0.15) is 19.8 Å². The molecule has 2 heterocycles. The van der Waals surface area contributed by atoms with Crippen LogP contribution in [-0.4, -0.2) is 23.7 Å². The van der Waals surface area contributed by atoms with Crippen LogP contribution in [0.2, 0.25) is 0 Å². The lowest BCUT2D eigenvalue weighted by Crippen LogP contribution is -2.27. The van der Waals surface area contributed by atoms with Gasteiger partial charge >= 0.3 is 6.09 Å². The second-order valence-electron chi connectivity index (χ2n) is 3.96. The molecule has 1 atom stereocenters. The lowest BCUT2D eigenvalue weighted by Gasteiger charge is -2.22. The summed E-state index contributed by atoms with van der Waals surface area (Å²) in [5.74, 6) is 1.30. The van der Waals surface area contributed by atoms with Crippen LogP contribution in [0.3, 0.4) is 0 Å². The Morgan fingerprint density at radius 3 is 2.94 bits per heavy atom. The van der Waals surface area contributed by atoms with E-state index in [0.29, 0.717) is 11.8 Å². The molecule has 5 heteroatoms. The summed E-state index contributed by atoms with van der Waals surface area (Å²) in [5.41, 5.74) is 4.91. The van der Waals surface area contributed by atoms with Gasteiger partial charge in [-0.3, -0.25) is 0 Å². The van der Waals surface area contributed by atoms with Gasteiger partial charge < -0.3 is 15.4 Å². The SMILES string of the molecule is C[C@@H]1CCCN1c1ccc(OC(N)=O)cn1. The summed E-state index contributed by atoms with van der Waals surface area (Å²) >= 11 is 0. The third-order valence-electron chi connectivity index (χ3n) is 2.79. The van der Waals surface area contributed by atoms with Gasteiger partial charge in [-0.25, -0.2) is 9.78 Å². The molecule has 0 spiro atoms. The Kier molecular flexibility index (Phi) is 2.94. The lowest BCUT2D eigenvalue weighted by molar-refractivity contribution is 0.210. The largest absolute Gasteiger partial charge is 0.410 e. The molecule has 1 amide bonds. The summed E-state index contributed by atoms with van der Waals surface area (Å²) in [6.07, 6.45) is 3.10. The molecular weight excluding hydrogens is 206 g/mol. The second kappa shape index (κ2) is 4.38. The highest BCUT2D eigenvalue weighted by Gasteiger charge is 2.21. The molecule has 2 N–H and O–H groups in total. The van der Waals surface area contributed by atoms with E-state index in [1.165, 1.54) is 19.0 Å². The molecule has 1 aromatic heterocycles. The number of amides is 1. The van der Waals surface area contributed by atoms with E-state index in [1.807, 2.05) is 6.07 Å². The zero-order valence-electron chi connectivity index (χ0n) is 9.22. The van der Waals surface area contributed by atoms with Crippen LogP contribution >= 0.6 is 0 Å². The number of nitrogens with zero attached hydrogens (tertiary/aromatic N) is 2. The average molecular weight is 221 g/mol. The van der Waals surface area contributed by atoms with Crippen molar-refractivity contribution in [2.45, 2.75) is 25.8 Å². The molecule has 0 aromatic carbocycles. The molecule has 5 nitrogen and oxygen atoms in total. The fourth-order valence-corrected chi connectivity index (χ4v) is 1.99. The van der Waals surface area contributed by atoms with Gasteiger partial charge in [0, 0.05) is 12.6 Å². The van der Waals surface area contributed by atoms with Crippen LogP contribution < -0.4 is 15.4 Å². The van der Waals surface area contributed by atoms with Crippen LogP contribution in [0.5, 0.6) is 5.75 Å². The van der Waals surface area contributed by atoms with Crippen molar-refractivity contribution in [3.63, 3.8) is 0 Å². The molecule has 16 heavy (non-hydrogen) atoms. The van der Waals surface area contributed by atoms with E-state index in [-0.39, 0.29) is 0 Å². The molecule has 1 aliphatic heterocycles. The first-order valence-electron chi connectivity index (χ1n) is 5.37. The Labute approximate surface area is 94.2 Å². The van der Waals surface area contributed by atoms with Gasteiger partial charge in [0.15, 0.2) is 5.75 Å². The minimum absolute atomic E-state index is 0.378. The van der Waals surface area contributed by atoms with Crippen LogP contribution in [0.25, 0.3) is 0 Å². The number of hydrogen-bond donors (Lipinski definition) is 1. The van der Waals surface area contributed by atoms with Crippen molar-refractivity contribution in [3.05, 3.63) is 18.3 Å². The Balaban J connectivity index is 2.09. The normalized spacial score (nSPS) is 19.8. The number of nitrogens with two attached hydrogens (primary N) is 1. The minimum Gasteiger partial charge on any atom is -0.409 e. The van der Waals surface area contributed by atoms with E-state index in [1.54, 1.807) is 6.07 Å². The van der Waals surface area contributed by atoms with Crippen LogP contribution in [0.15, 0.2) is 18.3 Å². The van der Waals surface area contributed by atoms with E-state index in [0.717, 1.165) is 12.4 Å². The maximum atomic E-state index is 10.5. The maximum Gasteiger partial charge on any atom is 0.410 e. The van der Waals surface area contributed by atoms with Gasteiger partial charge in [-0.15, -0.1) is 0 Å². The summed E-state index contributed by atoms with van der Waals surface area (Å²) in [4.78, 5) is 17.0. The highest BCUT2D eigenvalue weighted by Crippen LogP contribution is 2.24. The summed E-state index contributed by atoms with van der Waals surface area (Å²) in [7, 11) is 0. The number of hydrogen-bond acceptors (Lipinski definition) is 4. The maximum absolute atomic E-state index is 10.5. The molecule has 0 aliphatic carbocycles. The standard InChI is InChI=1S/C11H15N3O2/c1-8-3-2-6-14(8)10-5-4-9(7-13-10)16-11(12)15/h4-5,7-8H,2-3,6H2,1H3,(H2,12,15)/t8-/m1/s1. The fourth-order valence-electron chi connectivity index (χ4n) is 1.99. The number of rotatable bonds is 2. The predicted molar refractivity (Wildman–Crippen MR) is 60.5 cm³/mol. The van der Waals surface area contributed by atoms with Gasteiger partial charge in [-0.05, 0) is 31.9 Å². The Morgan fingerprint density at radius 2 is 2.44 bits per heavy atom. The van der Waals surface area contributed by atoms with E-state index < -0.39 is 6.09 Å². The Morgan fingerprint density at radius 1 is 1.62 bits per heavy atom. The molecule has 1 aromatic rings. The second-order valence-corrected chi connectivity index (χ2v) is 3.96. The van der Waals surface area contributed by atoms with Crippen LogP contribution in [-0.2, 0) is 0 Å². The molecule has 86 valence electrons. The van der Waals surface area contributed by atoms with Gasteiger partial charge in [0.2, 0.25) is 0 Å². The first-order chi connectivity index (χ1) is 7.66. The molecule has 2 rings (SSSR count). The topological polar surface area (TPSA) is 68.5 Å². The number of pyridine rings is 1. The molecular formula is C11H15N3O2. The third kappa shape index (κ3) is 2.24. The minimum atomic E-state index is -0.816. The smallest absolute Gasteiger partial charge is 0.409 e. The van der Waals surface area contributed by atoms with Crippen molar-refractivity contribution in [3.8, 4) is 5.75 Å². The zero-order chi connectivity index (χ0) is 11.5. The monoisotopic (exact) mass is 221 g/mol. The number of ether oxygens (including phenoxy) is 1. The van der Waals surface area contributed by atoms with Crippen molar-refractivity contribution >= 4 is 11.9 Å². The van der Waals surface area contributed by atoms with Crippen molar-refractivity contribution < 1.29 is 9.53 Å². The summed E-state index contributed by atoms with van der Waals surface area (Å²) in [6.45, 7) is 3.21.